The van der Waals surface area contributed by atoms with Crippen LogP contribution in [0.15, 0.2) is 18.2 Å². The molecule has 1 rings (SSSR count). The maximum absolute atomic E-state index is 13.8. The molecule has 17 heavy (non-hydrogen) atoms. The number of terminal acetylenes is 1. The van der Waals surface area contributed by atoms with Crippen molar-refractivity contribution in [1.29, 1.82) is 0 Å². The normalized spacial score (nSPS) is 12.9. The van der Waals surface area contributed by atoms with Gasteiger partial charge in [0.05, 0.1) is 12.6 Å². The first-order valence-electron chi connectivity index (χ1n) is 5.49. The van der Waals surface area contributed by atoms with Crippen molar-refractivity contribution in [3.05, 3.63) is 29.6 Å². The Morgan fingerprint density at radius 2 is 2.12 bits per heavy atom. The van der Waals surface area contributed by atoms with E-state index in [0.29, 0.717) is 11.3 Å². The van der Waals surface area contributed by atoms with Crippen LogP contribution < -0.4 is 10.1 Å². The fourth-order valence-corrected chi connectivity index (χ4v) is 1.77. The summed E-state index contributed by atoms with van der Waals surface area (Å²) in [5, 5.41) is 3.18. The van der Waals surface area contributed by atoms with Gasteiger partial charge >= 0.3 is 0 Å². The Kier molecular flexibility index (Phi) is 4.14. The van der Waals surface area contributed by atoms with E-state index in [2.05, 4.69) is 11.2 Å². The molecule has 2 nitrogen and oxygen atoms in total. The van der Waals surface area contributed by atoms with E-state index in [0.717, 1.165) is 0 Å². The summed E-state index contributed by atoms with van der Waals surface area (Å²) in [4.78, 5) is 0. The molecule has 0 aliphatic carbocycles. The third-order valence-corrected chi connectivity index (χ3v) is 2.60. The van der Waals surface area contributed by atoms with Gasteiger partial charge in [-0.25, -0.2) is 4.39 Å². The number of halogens is 1. The molecule has 1 aromatic carbocycles. The third kappa shape index (κ3) is 3.21. The SMILES string of the molecule is C#CC(C)(C)NC(C)c1c(F)cccc1OC. The van der Waals surface area contributed by atoms with Crippen LogP contribution in [-0.2, 0) is 0 Å². The topological polar surface area (TPSA) is 21.3 Å². The first-order valence-corrected chi connectivity index (χ1v) is 5.49. The maximum atomic E-state index is 13.8. The van der Waals surface area contributed by atoms with Crippen molar-refractivity contribution in [2.24, 2.45) is 0 Å². The highest BCUT2D eigenvalue weighted by Gasteiger charge is 2.22. The van der Waals surface area contributed by atoms with Crippen LogP contribution in [0.1, 0.15) is 32.4 Å². The van der Waals surface area contributed by atoms with E-state index >= 15 is 0 Å². The van der Waals surface area contributed by atoms with Crippen LogP contribution in [0.4, 0.5) is 4.39 Å². The van der Waals surface area contributed by atoms with E-state index in [4.69, 9.17) is 11.2 Å². The predicted molar refractivity (Wildman–Crippen MR) is 67.4 cm³/mol. The zero-order chi connectivity index (χ0) is 13.1. The van der Waals surface area contributed by atoms with Gasteiger partial charge in [-0.15, -0.1) is 6.42 Å². The zero-order valence-electron chi connectivity index (χ0n) is 10.7. The molecule has 1 atom stereocenters. The summed E-state index contributed by atoms with van der Waals surface area (Å²) in [6.07, 6.45) is 5.40. The number of benzene rings is 1. The van der Waals surface area contributed by atoms with E-state index < -0.39 is 5.54 Å². The highest BCUT2D eigenvalue weighted by molar-refractivity contribution is 5.37. The molecule has 0 saturated carbocycles. The molecule has 0 saturated heterocycles. The lowest BCUT2D eigenvalue weighted by Crippen LogP contribution is -2.39. The molecule has 0 aromatic heterocycles. The van der Waals surface area contributed by atoms with Gasteiger partial charge in [-0.3, -0.25) is 5.32 Å². The van der Waals surface area contributed by atoms with E-state index in [9.17, 15) is 4.39 Å². The van der Waals surface area contributed by atoms with Gasteiger partial charge in [-0.2, -0.15) is 0 Å². The summed E-state index contributed by atoms with van der Waals surface area (Å²) in [5.41, 5.74) is 0.00511. The number of rotatable bonds is 4. The minimum absolute atomic E-state index is 0.225. The summed E-state index contributed by atoms with van der Waals surface area (Å²) in [6, 6.07) is 4.55. The van der Waals surface area contributed by atoms with Crippen LogP contribution in [0.25, 0.3) is 0 Å². The molecular weight excluding hydrogens is 217 g/mol. The van der Waals surface area contributed by atoms with Gasteiger partial charge in [0.25, 0.3) is 0 Å². The van der Waals surface area contributed by atoms with E-state index in [1.165, 1.54) is 13.2 Å². The van der Waals surface area contributed by atoms with Crippen molar-refractivity contribution in [1.82, 2.24) is 5.32 Å². The largest absolute Gasteiger partial charge is 0.496 e. The van der Waals surface area contributed by atoms with Crippen LogP contribution in [0.3, 0.4) is 0 Å². The molecular formula is C14H18FNO. The number of hydrogen-bond donors (Lipinski definition) is 1. The summed E-state index contributed by atoms with van der Waals surface area (Å²) in [6.45, 7) is 5.60. The minimum atomic E-state index is -0.493. The molecule has 0 radical (unpaired) electrons. The molecule has 1 N–H and O–H groups in total. The number of hydrogen-bond acceptors (Lipinski definition) is 2. The van der Waals surface area contributed by atoms with Crippen molar-refractivity contribution in [3.63, 3.8) is 0 Å². The standard InChI is InChI=1S/C14H18FNO/c1-6-14(3,4)16-10(2)13-11(15)8-7-9-12(13)17-5/h1,7-10,16H,2-5H3. The summed E-state index contributed by atoms with van der Waals surface area (Å²) >= 11 is 0. The van der Waals surface area contributed by atoms with Crippen LogP contribution in [-0.4, -0.2) is 12.6 Å². The average Bonchev–Trinajstić information content (AvgIpc) is 2.27. The molecule has 0 bridgehead atoms. The predicted octanol–water partition coefficient (Wildman–Crippen LogP) is 2.90. The van der Waals surface area contributed by atoms with Gasteiger partial charge in [0.15, 0.2) is 0 Å². The second-order valence-electron chi connectivity index (χ2n) is 4.49. The van der Waals surface area contributed by atoms with Gasteiger partial charge in [-0.05, 0) is 32.9 Å². The number of methoxy groups -OCH3 is 1. The van der Waals surface area contributed by atoms with Gasteiger partial charge in [0.2, 0.25) is 0 Å². The lowest BCUT2D eigenvalue weighted by atomic mass is 10.0. The Balaban J connectivity index is 3.04. The lowest BCUT2D eigenvalue weighted by molar-refractivity contribution is 0.375. The van der Waals surface area contributed by atoms with Crippen molar-refractivity contribution in [2.75, 3.05) is 7.11 Å². The Hall–Kier alpha value is -1.53. The first kappa shape index (κ1) is 13.5. The number of nitrogens with one attached hydrogen (secondary N) is 1. The molecule has 92 valence electrons. The molecule has 0 fully saturated rings. The molecule has 0 amide bonds. The van der Waals surface area contributed by atoms with E-state index in [1.54, 1.807) is 12.1 Å². The second-order valence-corrected chi connectivity index (χ2v) is 4.49. The zero-order valence-corrected chi connectivity index (χ0v) is 10.7. The Morgan fingerprint density at radius 1 is 1.47 bits per heavy atom. The monoisotopic (exact) mass is 235 g/mol. The quantitative estimate of drug-likeness (QED) is 0.810. The second kappa shape index (κ2) is 5.20. The van der Waals surface area contributed by atoms with Crippen molar-refractivity contribution < 1.29 is 9.13 Å². The minimum Gasteiger partial charge on any atom is -0.496 e. The highest BCUT2D eigenvalue weighted by Crippen LogP contribution is 2.28. The van der Waals surface area contributed by atoms with Crippen LogP contribution in [0.5, 0.6) is 5.75 Å². The van der Waals surface area contributed by atoms with Crippen LogP contribution in [0.2, 0.25) is 0 Å². The van der Waals surface area contributed by atoms with Gasteiger partial charge in [0, 0.05) is 11.6 Å². The molecule has 0 aliphatic rings. The third-order valence-electron chi connectivity index (χ3n) is 2.60. The summed E-state index contributed by atoms with van der Waals surface area (Å²) in [7, 11) is 1.53. The number of ether oxygens (including phenoxy) is 1. The van der Waals surface area contributed by atoms with Gasteiger partial charge in [-0.1, -0.05) is 12.0 Å². The van der Waals surface area contributed by atoms with Crippen molar-refractivity contribution >= 4 is 0 Å². The fraction of sp³-hybridized carbons (Fsp3) is 0.429. The summed E-state index contributed by atoms with van der Waals surface area (Å²) in [5.74, 6) is 2.86. The van der Waals surface area contributed by atoms with Gasteiger partial charge in [0.1, 0.15) is 11.6 Å². The molecule has 0 aliphatic heterocycles. The maximum Gasteiger partial charge on any atom is 0.131 e. The Morgan fingerprint density at radius 3 is 2.65 bits per heavy atom. The molecule has 1 aromatic rings. The average molecular weight is 235 g/mol. The Bertz CT molecular complexity index is 434. The molecule has 0 heterocycles. The Labute approximate surface area is 102 Å². The molecule has 3 heteroatoms. The smallest absolute Gasteiger partial charge is 0.131 e. The van der Waals surface area contributed by atoms with Crippen LogP contribution >= 0.6 is 0 Å². The van der Waals surface area contributed by atoms with Crippen molar-refractivity contribution in [3.8, 4) is 18.1 Å². The summed E-state index contributed by atoms with van der Waals surface area (Å²) < 4.78 is 19.0. The first-order chi connectivity index (χ1) is 7.91. The van der Waals surface area contributed by atoms with Crippen LogP contribution in [0, 0.1) is 18.2 Å². The van der Waals surface area contributed by atoms with Gasteiger partial charge < -0.3 is 4.74 Å². The molecule has 1 unspecified atom stereocenters. The van der Waals surface area contributed by atoms with E-state index in [-0.39, 0.29) is 11.9 Å². The highest BCUT2D eigenvalue weighted by atomic mass is 19.1. The lowest BCUT2D eigenvalue weighted by Gasteiger charge is -2.26. The fourth-order valence-electron chi connectivity index (χ4n) is 1.77. The van der Waals surface area contributed by atoms with Crippen molar-refractivity contribution in [2.45, 2.75) is 32.4 Å². The van der Waals surface area contributed by atoms with E-state index in [1.807, 2.05) is 20.8 Å². The molecule has 0 spiro atoms.